The van der Waals surface area contributed by atoms with Crippen molar-refractivity contribution in [3.05, 3.63) is 0 Å². The van der Waals surface area contributed by atoms with Gasteiger partial charge in [-0.15, -0.1) is 0 Å². The van der Waals surface area contributed by atoms with Gasteiger partial charge in [0.1, 0.15) is 0 Å². The second kappa shape index (κ2) is 6.66. The van der Waals surface area contributed by atoms with E-state index in [0.29, 0.717) is 6.04 Å². The molecule has 0 aromatic rings. The van der Waals surface area contributed by atoms with E-state index in [4.69, 9.17) is 5.73 Å². The molecule has 4 heteroatoms. The highest BCUT2D eigenvalue weighted by molar-refractivity contribution is 5.86. The van der Waals surface area contributed by atoms with Gasteiger partial charge in [-0.1, -0.05) is 32.1 Å². The van der Waals surface area contributed by atoms with E-state index in [1.54, 1.807) is 0 Å². The van der Waals surface area contributed by atoms with Crippen LogP contribution in [0.4, 0.5) is 0 Å². The van der Waals surface area contributed by atoms with Crippen molar-refractivity contribution < 1.29 is 4.79 Å². The first-order valence-electron chi connectivity index (χ1n) is 9.01. The van der Waals surface area contributed by atoms with Crippen molar-refractivity contribution in [3.63, 3.8) is 0 Å². The Morgan fingerprint density at radius 1 is 0.952 bits per heavy atom. The molecule has 120 valence electrons. The molecule has 0 aromatic heterocycles. The van der Waals surface area contributed by atoms with E-state index in [-0.39, 0.29) is 5.91 Å². The van der Waals surface area contributed by atoms with Gasteiger partial charge in [0, 0.05) is 25.2 Å². The zero-order chi connectivity index (χ0) is 14.7. The van der Waals surface area contributed by atoms with Gasteiger partial charge < -0.3 is 16.0 Å². The fourth-order valence-electron chi connectivity index (χ4n) is 4.42. The van der Waals surface area contributed by atoms with Crippen LogP contribution >= 0.6 is 0 Å². The van der Waals surface area contributed by atoms with E-state index in [9.17, 15) is 4.79 Å². The van der Waals surface area contributed by atoms with Crippen molar-refractivity contribution in [1.82, 2.24) is 10.2 Å². The molecule has 1 amide bonds. The fraction of sp³-hybridized carbons (Fsp3) is 0.941. The van der Waals surface area contributed by atoms with Crippen LogP contribution in [0.25, 0.3) is 0 Å². The molecule has 0 atom stereocenters. The van der Waals surface area contributed by atoms with Crippen LogP contribution in [0.15, 0.2) is 0 Å². The summed E-state index contributed by atoms with van der Waals surface area (Å²) in [6.07, 6.45) is 13.1. The molecule has 0 aromatic carbocycles. The second-order valence-electron chi connectivity index (χ2n) is 7.44. The van der Waals surface area contributed by atoms with Crippen LogP contribution in [-0.2, 0) is 4.79 Å². The highest BCUT2D eigenvalue weighted by Crippen LogP contribution is 2.28. The van der Waals surface area contributed by atoms with Crippen LogP contribution in [0.2, 0.25) is 0 Å². The Morgan fingerprint density at radius 3 is 2.19 bits per heavy atom. The number of carbonyl (C=O) groups excluding carboxylic acids is 1. The van der Waals surface area contributed by atoms with E-state index >= 15 is 0 Å². The molecule has 0 bridgehead atoms. The molecule has 3 rings (SSSR count). The molecule has 3 N–H and O–H groups in total. The maximum absolute atomic E-state index is 12.4. The summed E-state index contributed by atoms with van der Waals surface area (Å²) in [6, 6.07) is 1.16. The van der Waals surface area contributed by atoms with Crippen molar-refractivity contribution in [2.75, 3.05) is 13.1 Å². The van der Waals surface area contributed by atoms with E-state index in [2.05, 4.69) is 10.2 Å². The highest BCUT2D eigenvalue weighted by atomic mass is 16.2. The molecule has 1 saturated heterocycles. The number of hydrogen-bond acceptors (Lipinski definition) is 3. The largest absolute Gasteiger partial charge is 0.352 e. The molecule has 3 aliphatic rings. The van der Waals surface area contributed by atoms with Crippen molar-refractivity contribution in [2.24, 2.45) is 5.73 Å². The van der Waals surface area contributed by atoms with Gasteiger partial charge >= 0.3 is 0 Å². The van der Waals surface area contributed by atoms with Crippen molar-refractivity contribution in [1.29, 1.82) is 0 Å². The Morgan fingerprint density at radius 2 is 1.57 bits per heavy atom. The Bertz CT molecular complexity index is 351. The topological polar surface area (TPSA) is 58.4 Å². The smallest absolute Gasteiger partial charge is 0.240 e. The fourth-order valence-corrected chi connectivity index (χ4v) is 4.42. The molecule has 0 unspecified atom stereocenters. The number of piperidine rings is 1. The molecule has 0 spiro atoms. The van der Waals surface area contributed by atoms with E-state index in [1.807, 2.05) is 0 Å². The van der Waals surface area contributed by atoms with Crippen LogP contribution in [-0.4, -0.2) is 41.5 Å². The summed E-state index contributed by atoms with van der Waals surface area (Å²) in [5.74, 6) is 0.108. The van der Waals surface area contributed by atoms with Crippen molar-refractivity contribution in [3.8, 4) is 0 Å². The lowest BCUT2D eigenvalue weighted by Gasteiger charge is -2.40. The van der Waals surface area contributed by atoms with Gasteiger partial charge in [0.2, 0.25) is 5.91 Å². The Hall–Kier alpha value is -0.610. The second-order valence-corrected chi connectivity index (χ2v) is 7.44. The van der Waals surface area contributed by atoms with Crippen molar-refractivity contribution >= 4 is 5.91 Å². The summed E-state index contributed by atoms with van der Waals surface area (Å²) in [6.45, 7) is 2.29. The molecular weight excluding hydrogens is 262 g/mol. The van der Waals surface area contributed by atoms with Crippen LogP contribution in [0, 0.1) is 0 Å². The van der Waals surface area contributed by atoms with Gasteiger partial charge in [0.25, 0.3) is 0 Å². The maximum Gasteiger partial charge on any atom is 0.240 e. The number of rotatable bonds is 3. The van der Waals surface area contributed by atoms with Gasteiger partial charge in [-0.25, -0.2) is 0 Å². The zero-order valence-electron chi connectivity index (χ0n) is 13.3. The molecule has 21 heavy (non-hydrogen) atoms. The Balaban J connectivity index is 1.44. The molecule has 1 aliphatic heterocycles. The summed E-state index contributed by atoms with van der Waals surface area (Å²) in [5.41, 5.74) is 5.67. The number of likely N-dealkylation sites (tertiary alicyclic amines) is 1. The summed E-state index contributed by atoms with van der Waals surface area (Å²) >= 11 is 0. The first-order chi connectivity index (χ1) is 10.2. The molecule has 2 saturated carbocycles. The lowest BCUT2D eigenvalue weighted by molar-refractivity contribution is -0.127. The van der Waals surface area contributed by atoms with E-state index in [0.717, 1.165) is 57.7 Å². The highest BCUT2D eigenvalue weighted by Gasteiger charge is 2.38. The molecule has 1 heterocycles. The first-order valence-corrected chi connectivity index (χ1v) is 9.01. The SMILES string of the molecule is NC1(C(=O)NC2CCN(C3CCCCC3)CC2)CCCC1. The van der Waals surface area contributed by atoms with Crippen molar-refractivity contribution in [2.45, 2.75) is 88.3 Å². The molecule has 2 aliphatic carbocycles. The van der Waals surface area contributed by atoms with Gasteiger partial charge in [0.05, 0.1) is 5.54 Å². The first kappa shape index (κ1) is 15.3. The predicted octanol–water partition coefficient (Wildman–Crippen LogP) is 2.17. The quantitative estimate of drug-likeness (QED) is 0.838. The number of nitrogens with one attached hydrogen (secondary N) is 1. The minimum absolute atomic E-state index is 0.108. The summed E-state index contributed by atoms with van der Waals surface area (Å²) in [4.78, 5) is 15.0. The van der Waals surface area contributed by atoms with E-state index < -0.39 is 5.54 Å². The number of carbonyl (C=O) groups is 1. The van der Waals surface area contributed by atoms with Gasteiger partial charge in [-0.2, -0.15) is 0 Å². The zero-order valence-corrected chi connectivity index (χ0v) is 13.3. The predicted molar refractivity (Wildman–Crippen MR) is 85.0 cm³/mol. The van der Waals surface area contributed by atoms with Crippen LogP contribution < -0.4 is 11.1 Å². The minimum Gasteiger partial charge on any atom is -0.352 e. The lowest BCUT2D eigenvalue weighted by Crippen LogP contribution is -2.56. The monoisotopic (exact) mass is 293 g/mol. The Labute approximate surface area is 128 Å². The normalized spacial score (nSPS) is 28.6. The third kappa shape index (κ3) is 3.59. The maximum atomic E-state index is 12.4. The number of nitrogens with zero attached hydrogens (tertiary/aromatic N) is 1. The number of amides is 1. The standard InChI is InChI=1S/C17H31N3O/c18-17(10-4-5-11-17)16(21)19-14-8-12-20(13-9-14)15-6-2-1-3-7-15/h14-15H,1-13,18H2,(H,19,21). The Kier molecular flexibility index (Phi) is 4.85. The van der Waals surface area contributed by atoms with Crippen LogP contribution in [0.5, 0.6) is 0 Å². The minimum atomic E-state index is -0.569. The van der Waals surface area contributed by atoms with Gasteiger partial charge in [0.15, 0.2) is 0 Å². The van der Waals surface area contributed by atoms with E-state index in [1.165, 1.54) is 32.1 Å². The summed E-state index contributed by atoms with van der Waals surface area (Å²) in [7, 11) is 0. The summed E-state index contributed by atoms with van der Waals surface area (Å²) in [5, 5.41) is 3.23. The van der Waals surface area contributed by atoms with Gasteiger partial charge in [-0.3, -0.25) is 4.79 Å². The summed E-state index contributed by atoms with van der Waals surface area (Å²) < 4.78 is 0. The number of hydrogen-bond donors (Lipinski definition) is 2. The third-order valence-electron chi connectivity index (χ3n) is 5.90. The lowest BCUT2D eigenvalue weighted by atomic mass is 9.91. The third-order valence-corrected chi connectivity index (χ3v) is 5.90. The van der Waals surface area contributed by atoms with Gasteiger partial charge in [-0.05, 0) is 38.5 Å². The average molecular weight is 293 g/mol. The molecule has 0 radical (unpaired) electrons. The molecule has 3 fully saturated rings. The number of nitrogens with two attached hydrogens (primary N) is 1. The van der Waals surface area contributed by atoms with Crippen LogP contribution in [0.1, 0.15) is 70.6 Å². The molecule has 4 nitrogen and oxygen atoms in total. The average Bonchev–Trinajstić information content (AvgIpc) is 2.97. The van der Waals surface area contributed by atoms with Crippen LogP contribution in [0.3, 0.4) is 0 Å². The molecular formula is C17H31N3O.